The van der Waals surface area contributed by atoms with Crippen LogP contribution in [0.3, 0.4) is 0 Å². The minimum atomic E-state index is -0.0470. The van der Waals surface area contributed by atoms with Crippen molar-refractivity contribution in [2.24, 2.45) is 0 Å². The first kappa shape index (κ1) is 13.1. The van der Waals surface area contributed by atoms with Gasteiger partial charge in [0.2, 0.25) is 5.91 Å². The maximum Gasteiger partial charge on any atom is 0.241 e. The molecule has 18 heavy (non-hydrogen) atoms. The number of nitrogens with one attached hydrogen (secondary N) is 2. The van der Waals surface area contributed by atoms with Crippen molar-refractivity contribution < 1.29 is 4.79 Å². The zero-order chi connectivity index (χ0) is 12.8. The summed E-state index contributed by atoms with van der Waals surface area (Å²) in [6, 6.07) is 8.02. The van der Waals surface area contributed by atoms with Crippen LogP contribution in [-0.2, 0) is 11.2 Å². The summed E-state index contributed by atoms with van der Waals surface area (Å²) in [6.45, 7) is 3.12. The zero-order valence-electron chi connectivity index (χ0n) is 11.0. The van der Waals surface area contributed by atoms with Gasteiger partial charge in [0.05, 0.1) is 6.04 Å². The van der Waals surface area contributed by atoms with Crippen LogP contribution in [-0.4, -0.2) is 18.5 Å². The monoisotopic (exact) mass is 246 g/mol. The van der Waals surface area contributed by atoms with Crippen LogP contribution in [0.1, 0.15) is 38.2 Å². The van der Waals surface area contributed by atoms with Gasteiger partial charge in [0.25, 0.3) is 0 Å². The molecule has 0 saturated heterocycles. The third kappa shape index (κ3) is 3.33. The quantitative estimate of drug-likeness (QED) is 0.784. The molecule has 1 atom stereocenters. The Morgan fingerprint density at radius 3 is 3.00 bits per heavy atom. The minimum Gasteiger partial charge on any atom is -0.324 e. The van der Waals surface area contributed by atoms with Gasteiger partial charge in [-0.15, -0.1) is 0 Å². The molecule has 1 aliphatic heterocycles. The second kappa shape index (κ2) is 6.55. The number of amides is 1. The molecule has 2 rings (SSSR count). The van der Waals surface area contributed by atoms with Gasteiger partial charge in [-0.2, -0.15) is 0 Å². The van der Waals surface area contributed by atoms with Crippen LogP contribution in [0, 0.1) is 0 Å². The Hall–Kier alpha value is -1.35. The average molecular weight is 246 g/mol. The Balaban J connectivity index is 1.91. The van der Waals surface area contributed by atoms with Gasteiger partial charge < -0.3 is 10.6 Å². The second-order valence-electron chi connectivity index (χ2n) is 4.90. The molecule has 0 bridgehead atoms. The highest BCUT2D eigenvalue weighted by atomic mass is 16.2. The molecule has 0 saturated carbocycles. The molecule has 1 aliphatic rings. The van der Waals surface area contributed by atoms with E-state index < -0.39 is 0 Å². The van der Waals surface area contributed by atoms with Crippen LogP contribution in [0.4, 0.5) is 5.69 Å². The largest absolute Gasteiger partial charge is 0.324 e. The van der Waals surface area contributed by atoms with Gasteiger partial charge in [-0.1, -0.05) is 38.0 Å². The molecule has 0 aliphatic carbocycles. The molecular formula is C15H22N2O. The topological polar surface area (TPSA) is 41.1 Å². The molecule has 1 heterocycles. The standard InChI is InChI=1S/C15H22N2O/c1-2-3-6-11-16-14-10-9-12-7-4-5-8-13(12)17-15(14)18/h4-5,7-8,14,16H,2-3,6,9-11H2,1H3,(H,17,18). The Bertz CT molecular complexity index is 403. The number of hydrogen-bond donors (Lipinski definition) is 2. The Labute approximate surface area is 109 Å². The van der Waals surface area contributed by atoms with Gasteiger partial charge in [-0.3, -0.25) is 4.79 Å². The van der Waals surface area contributed by atoms with Gasteiger partial charge in [-0.25, -0.2) is 0 Å². The van der Waals surface area contributed by atoms with Crippen molar-refractivity contribution in [2.75, 3.05) is 11.9 Å². The number of anilines is 1. The van der Waals surface area contributed by atoms with E-state index in [9.17, 15) is 4.79 Å². The van der Waals surface area contributed by atoms with Gasteiger partial charge in [0.1, 0.15) is 0 Å². The molecule has 0 radical (unpaired) electrons. The van der Waals surface area contributed by atoms with Crippen LogP contribution >= 0.6 is 0 Å². The smallest absolute Gasteiger partial charge is 0.241 e. The van der Waals surface area contributed by atoms with E-state index in [1.54, 1.807) is 0 Å². The minimum absolute atomic E-state index is 0.0470. The fraction of sp³-hybridized carbons (Fsp3) is 0.533. The van der Waals surface area contributed by atoms with Gasteiger partial charge in [-0.05, 0) is 37.4 Å². The summed E-state index contributed by atoms with van der Waals surface area (Å²) in [5.74, 6) is 0.108. The van der Waals surface area contributed by atoms with Crippen LogP contribution in [0.15, 0.2) is 24.3 Å². The maximum absolute atomic E-state index is 12.1. The van der Waals surface area contributed by atoms with Crippen molar-refractivity contribution in [3.63, 3.8) is 0 Å². The number of benzene rings is 1. The summed E-state index contributed by atoms with van der Waals surface area (Å²) < 4.78 is 0. The van der Waals surface area contributed by atoms with E-state index in [2.05, 4.69) is 23.6 Å². The molecular weight excluding hydrogens is 224 g/mol. The zero-order valence-corrected chi connectivity index (χ0v) is 11.0. The van der Waals surface area contributed by atoms with E-state index in [4.69, 9.17) is 0 Å². The lowest BCUT2D eigenvalue weighted by Gasteiger charge is -2.14. The number of aryl methyl sites for hydroxylation is 1. The Morgan fingerprint density at radius 1 is 1.33 bits per heavy atom. The fourth-order valence-corrected chi connectivity index (χ4v) is 2.36. The normalized spacial score (nSPS) is 18.9. The molecule has 3 heteroatoms. The number of rotatable bonds is 5. The number of hydrogen-bond acceptors (Lipinski definition) is 2. The molecule has 1 amide bonds. The highest BCUT2D eigenvalue weighted by Crippen LogP contribution is 2.21. The molecule has 1 aromatic rings. The van der Waals surface area contributed by atoms with Crippen molar-refractivity contribution in [1.82, 2.24) is 5.32 Å². The number of para-hydroxylation sites is 1. The molecule has 0 fully saturated rings. The predicted molar refractivity (Wildman–Crippen MR) is 74.7 cm³/mol. The first-order valence-corrected chi connectivity index (χ1v) is 6.93. The van der Waals surface area contributed by atoms with Gasteiger partial charge >= 0.3 is 0 Å². The third-order valence-corrected chi connectivity index (χ3v) is 3.47. The molecule has 1 unspecified atom stereocenters. The molecule has 0 spiro atoms. The number of fused-ring (bicyclic) bond motifs is 1. The van der Waals surface area contributed by atoms with Crippen LogP contribution < -0.4 is 10.6 Å². The van der Waals surface area contributed by atoms with Crippen LogP contribution in [0.25, 0.3) is 0 Å². The highest BCUT2D eigenvalue weighted by molar-refractivity contribution is 5.96. The van der Waals surface area contributed by atoms with E-state index in [0.717, 1.165) is 31.5 Å². The first-order valence-electron chi connectivity index (χ1n) is 6.93. The summed E-state index contributed by atoms with van der Waals surface area (Å²) in [4.78, 5) is 12.1. The Morgan fingerprint density at radius 2 is 2.17 bits per heavy atom. The Kier molecular flexibility index (Phi) is 4.76. The average Bonchev–Trinajstić information content (AvgIpc) is 2.54. The molecule has 1 aromatic carbocycles. The maximum atomic E-state index is 12.1. The molecule has 2 N–H and O–H groups in total. The van der Waals surface area contributed by atoms with E-state index >= 15 is 0 Å². The number of carbonyl (C=O) groups excluding carboxylic acids is 1. The van der Waals surface area contributed by atoms with Gasteiger partial charge in [0.15, 0.2) is 0 Å². The second-order valence-corrected chi connectivity index (χ2v) is 4.90. The number of unbranched alkanes of at least 4 members (excludes halogenated alkanes) is 2. The lowest BCUT2D eigenvalue weighted by Crippen LogP contribution is -2.40. The van der Waals surface area contributed by atoms with E-state index in [1.165, 1.54) is 18.4 Å². The summed E-state index contributed by atoms with van der Waals surface area (Å²) in [5.41, 5.74) is 2.21. The third-order valence-electron chi connectivity index (χ3n) is 3.47. The van der Waals surface area contributed by atoms with Crippen molar-refractivity contribution in [3.8, 4) is 0 Å². The van der Waals surface area contributed by atoms with Crippen LogP contribution in [0.2, 0.25) is 0 Å². The molecule has 98 valence electrons. The summed E-state index contributed by atoms with van der Waals surface area (Å²) >= 11 is 0. The van der Waals surface area contributed by atoms with E-state index in [1.807, 2.05) is 18.2 Å². The molecule has 0 aromatic heterocycles. The fourth-order valence-electron chi connectivity index (χ4n) is 2.36. The number of carbonyl (C=O) groups is 1. The van der Waals surface area contributed by atoms with Crippen molar-refractivity contribution >= 4 is 11.6 Å². The van der Waals surface area contributed by atoms with E-state index in [0.29, 0.717) is 0 Å². The first-order chi connectivity index (χ1) is 8.81. The van der Waals surface area contributed by atoms with Crippen LogP contribution in [0.5, 0.6) is 0 Å². The summed E-state index contributed by atoms with van der Waals surface area (Å²) in [7, 11) is 0. The van der Waals surface area contributed by atoms with Gasteiger partial charge in [0, 0.05) is 5.69 Å². The van der Waals surface area contributed by atoms with E-state index in [-0.39, 0.29) is 11.9 Å². The predicted octanol–water partition coefficient (Wildman–Crippen LogP) is 2.72. The molecule has 3 nitrogen and oxygen atoms in total. The summed E-state index contributed by atoms with van der Waals surface area (Å²) in [5, 5.41) is 6.38. The highest BCUT2D eigenvalue weighted by Gasteiger charge is 2.22. The SMILES string of the molecule is CCCCCNC1CCc2ccccc2NC1=O. The summed E-state index contributed by atoms with van der Waals surface area (Å²) in [6.07, 6.45) is 5.42. The lowest BCUT2D eigenvalue weighted by atomic mass is 10.1. The van der Waals surface area contributed by atoms with Crippen molar-refractivity contribution in [1.29, 1.82) is 0 Å². The van der Waals surface area contributed by atoms with Crippen molar-refractivity contribution in [2.45, 2.75) is 45.1 Å². The lowest BCUT2D eigenvalue weighted by molar-refractivity contribution is -0.118. The van der Waals surface area contributed by atoms with Crippen molar-refractivity contribution in [3.05, 3.63) is 29.8 Å².